The Morgan fingerprint density at radius 3 is 2.67 bits per heavy atom. The molecule has 0 aliphatic heterocycles. The van der Waals surface area contributed by atoms with Crippen LogP contribution in [-0.2, 0) is 0 Å². The van der Waals surface area contributed by atoms with Crippen LogP contribution >= 0.6 is 36.4 Å². The van der Waals surface area contributed by atoms with Gasteiger partial charge in [-0.15, -0.1) is 36.4 Å². The van der Waals surface area contributed by atoms with Crippen molar-refractivity contribution in [3.05, 3.63) is 30.5 Å². The fourth-order valence-electron chi connectivity index (χ4n) is 2.48. The van der Waals surface area contributed by atoms with Crippen LogP contribution < -0.4 is 10.1 Å². The van der Waals surface area contributed by atoms with Crippen molar-refractivity contribution in [2.75, 3.05) is 44.5 Å². The third-order valence-corrected chi connectivity index (χ3v) is 3.93. The van der Waals surface area contributed by atoms with Gasteiger partial charge in [0.1, 0.15) is 5.75 Å². The summed E-state index contributed by atoms with van der Waals surface area (Å²) in [6.07, 6.45) is 2.92. The molecule has 2 rings (SSSR count). The Balaban J connectivity index is 0.00000264. The van der Waals surface area contributed by atoms with E-state index in [1.165, 1.54) is 0 Å². The van der Waals surface area contributed by atoms with Gasteiger partial charge in [0.25, 0.3) is 0 Å². The molecule has 24 heavy (non-hydrogen) atoms. The number of anilines is 1. The summed E-state index contributed by atoms with van der Waals surface area (Å²) in [4.78, 5) is 6.76. The second-order valence-corrected chi connectivity index (χ2v) is 5.52. The monoisotopic (exact) mass is 393 g/mol. The van der Waals surface area contributed by atoms with E-state index in [2.05, 4.69) is 22.1 Å². The number of alkyl halides is 1. The quantitative estimate of drug-likeness (QED) is 0.503. The summed E-state index contributed by atoms with van der Waals surface area (Å²) in [5.74, 6) is 1.54. The van der Waals surface area contributed by atoms with Crippen molar-refractivity contribution in [1.29, 1.82) is 0 Å². The molecule has 0 radical (unpaired) electrons. The number of nitrogens with zero attached hydrogens (tertiary/aromatic N) is 2. The Kier molecular flexibility index (Phi) is 11.9. The third-order valence-electron chi connectivity index (χ3n) is 3.76. The molecule has 0 bridgehead atoms. The molecule has 1 heterocycles. The maximum absolute atomic E-state index is 5.80. The molecular formula is C17H26Cl3N3O. The van der Waals surface area contributed by atoms with Crippen molar-refractivity contribution in [2.45, 2.75) is 13.3 Å². The van der Waals surface area contributed by atoms with Gasteiger partial charge in [0.05, 0.1) is 12.6 Å². The number of methoxy groups -OCH3 is 1. The second-order valence-electron chi connectivity index (χ2n) is 5.15. The van der Waals surface area contributed by atoms with Gasteiger partial charge < -0.3 is 15.0 Å². The van der Waals surface area contributed by atoms with Gasteiger partial charge in [-0.25, -0.2) is 0 Å². The fourth-order valence-corrected chi connectivity index (χ4v) is 2.72. The lowest BCUT2D eigenvalue weighted by Crippen LogP contribution is -2.27. The zero-order valence-corrected chi connectivity index (χ0v) is 16.5. The summed E-state index contributed by atoms with van der Waals surface area (Å²) in [6.45, 7) is 6.15. The molecule has 136 valence electrons. The lowest BCUT2D eigenvalue weighted by Gasteiger charge is -2.19. The van der Waals surface area contributed by atoms with E-state index >= 15 is 0 Å². The van der Waals surface area contributed by atoms with E-state index in [0.29, 0.717) is 5.88 Å². The van der Waals surface area contributed by atoms with Crippen LogP contribution in [0, 0.1) is 0 Å². The Hall–Kier alpha value is -0.940. The number of nitrogens with one attached hydrogen (secondary N) is 1. The highest BCUT2D eigenvalue weighted by molar-refractivity contribution is 6.18. The summed E-state index contributed by atoms with van der Waals surface area (Å²) < 4.78 is 5.30. The minimum absolute atomic E-state index is 0. The molecule has 0 spiro atoms. The predicted octanol–water partition coefficient (Wildman–Crippen LogP) is 4.45. The zero-order chi connectivity index (χ0) is 15.8. The second kappa shape index (κ2) is 12.4. The Morgan fingerprint density at radius 1 is 1.21 bits per heavy atom. The summed E-state index contributed by atoms with van der Waals surface area (Å²) in [7, 11) is 1.68. The molecule has 0 aliphatic rings. The summed E-state index contributed by atoms with van der Waals surface area (Å²) >= 11 is 5.80. The van der Waals surface area contributed by atoms with Crippen LogP contribution in [0.5, 0.6) is 5.75 Å². The Labute approximate surface area is 161 Å². The minimum atomic E-state index is 0. The molecule has 0 saturated heterocycles. The number of pyridine rings is 1. The van der Waals surface area contributed by atoms with Crippen molar-refractivity contribution in [3.63, 3.8) is 0 Å². The van der Waals surface area contributed by atoms with Crippen LogP contribution in [0.15, 0.2) is 30.5 Å². The first-order valence-corrected chi connectivity index (χ1v) is 8.27. The average molecular weight is 395 g/mol. The number of hydrogen-bond acceptors (Lipinski definition) is 4. The van der Waals surface area contributed by atoms with Gasteiger partial charge in [0.2, 0.25) is 0 Å². The standard InChI is InChI=1S/C17H24ClN3O.2ClH/c1-3-21(12-8-18)11-4-9-19-17-7-10-20-16-6-5-14(22-2)13-15(16)17;;/h5-7,10,13H,3-4,8-9,11-12H2,1-2H3,(H,19,20);2*1H. The molecule has 7 heteroatoms. The maximum atomic E-state index is 5.80. The van der Waals surface area contributed by atoms with E-state index in [4.69, 9.17) is 16.3 Å². The van der Waals surface area contributed by atoms with Crippen molar-refractivity contribution < 1.29 is 4.74 Å². The smallest absolute Gasteiger partial charge is 0.119 e. The number of hydrogen-bond donors (Lipinski definition) is 1. The van der Waals surface area contributed by atoms with Gasteiger partial charge in [0, 0.05) is 36.2 Å². The first-order valence-electron chi connectivity index (χ1n) is 7.73. The molecule has 0 unspecified atom stereocenters. The Morgan fingerprint density at radius 2 is 2.00 bits per heavy atom. The van der Waals surface area contributed by atoms with Crippen LogP contribution in [0.3, 0.4) is 0 Å². The average Bonchev–Trinajstić information content (AvgIpc) is 2.57. The molecule has 1 N–H and O–H groups in total. The van der Waals surface area contributed by atoms with E-state index in [-0.39, 0.29) is 24.8 Å². The van der Waals surface area contributed by atoms with E-state index in [1.807, 2.05) is 30.5 Å². The van der Waals surface area contributed by atoms with Gasteiger partial charge in [0.15, 0.2) is 0 Å². The van der Waals surface area contributed by atoms with Crippen LogP contribution in [0.2, 0.25) is 0 Å². The number of rotatable bonds is 9. The largest absolute Gasteiger partial charge is 0.497 e. The van der Waals surface area contributed by atoms with Crippen molar-refractivity contribution >= 4 is 53.0 Å². The highest BCUT2D eigenvalue weighted by Gasteiger charge is 2.04. The molecule has 4 nitrogen and oxygen atoms in total. The first-order chi connectivity index (χ1) is 10.8. The predicted molar refractivity (Wildman–Crippen MR) is 109 cm³/mol. The topological polar surface area (TPSA) is 37.4 Å². The molecular weight excluding hydrogens is 369 g/mol. The molecule has 2 aromatic rings. The minimum Gasteiger partial charge on any atom is -0.497 e. The molecule has 0 aliphatic carbocycles. The normalized spacial score (nSPS) is 10.2. The summed E-state index contributed by atoms with van der Waals surface area (Å²) in [5.41, 5.74) is 2.08. The van der Waals surface area contributed by atoms with Gasteiger partial charge in [-0.1, -0.05) is 6.92 Å². The number of ether oxygens (including phenoxy) is 1. The van der Waals surface area contributed by atoms with Crippen LogP contribution in [-0.4, -0.2) is 49.1 Å². The molecule has 0 saturated carbocycles. The van der Waals surface area contributed by atoms with E-state index in [1.54, 1.807) is 7.11 Å². The van der Waals surface area contributed by atoms with E-state index in [0.717, 1.165) is 54.9 Å². The van der Waals surface area contributed by atoms with Crippen molar-refractivity contribution in [2.24, 2.45) is 0 Å². The van der Waals surface area contributed by atoms with Crippen molar-refractivity contribution in [1.82, 2.24) is 9.88 Å². The Bertz CT molecular complexity index is 598. The van der Waals surface area contributed by atoms with Crippen molar-refractivity contribution in [3.8, 4) is 5.75 Å². The molecule has 1 aromatic carbocycles. The van der Waals surface area contributed by atoms with Gasteiger partial charge in [-0.3, -0.25) is 4.98 Å². The number of halogens is 3. The summed E-state index contributed by atoms with van der Waals surface area (Å²) in [6, 6.07) is 7.96. The van der Waals surface area contributed by atoms with Gasteiger partial charge in [-0.2, -0.15) is 0 Å². The molecule has 0 fully saturated rings. The van der Waals surface area contributed by atoms with E-state index in [9.17, 15) is 0 Å². The van der Waals surface area contributed by atoms with E-state index < -0.39 is 0 Å². The fraction of sp³-hybridized carbons (Fsp3) is 0.471. The number of benzene rings is 1. The maximum Gasteiger partial charge on any atom is 0.119 e. The third kappa shape index (κ3) is 6.52. The van der Waals surface area contributed by atoms with Crippen LogP contribution in [0.25, 0.3) is 10.9 Å². The van der Waals surface area contributed by atoms with Crippen LogP contribution in [0.1, 0.15) is 13.3 Å². The lowest BCUT2D eigenvalue weighted by atomic mass is 10.1. The summed E-state index contributed by atoms with van der Waals surface area (Å²) in [5, 5.41) is 4.60. The molecule has 1 aromatic heterocycles. The highest BCUT2D eigenvalue weighted by atomic mass is 35.5. The molecule has 0 amide bonds. The zero-order valence-electron chi connectivity index (χ0n) is 14.1. The lowest BCUT2D eigenvalue weighted by molar-refractivity contribution is 0.304. The van der Waals surface area contributed by atoms with Gasteiger partial charge in [-0.05, 0) is 43.8 Å². The van der Waals surface area contributed by atoms with Gasteiger partial charge >= 0.3 is 0 Å². The highest BCUT2D eigenvalue weighted by Crippen LogP contribution is 2.25. The SMILES string of the molecule is CCN(CCCl)CCCNc1ccnc2ccc(OC)cc12.Cl.Cl. The number of aromatic nitrogens is 1. The van der Waals surface area contributed by atoms with Crippen LogP contribution in [0.4, 0.5) is 5.69 Å². The molecule has 0 atom stereocenters. The number of fused-ring (bicyclic) bond motifs is 1. The first kappa shape index (κ1) is 23.1.